The number of likely N-dealkylation sites (tertiary alicyclic amines) is 1. The van der Waals surface area contributed by atoms with Crippen LogP contribution in [0.1, 0.15) is 18.5 Å². The molecule has 0 saturated carbocycles. The number of piperidine rings is 1. The summed E-state index contributed by atoms with van der Waals surface area (Å²) in [5.74, 6) is 0. The molecule has 0 spiro atoms. The minimum absolute atomic E-state index is 0.668. The van der Waals surface area contributed by atoms with E-state index in [1.54, 1.807) is 0 Å². The highest BCUT2D eigenvalue weighted by molar-refractivity contribution is 6.31. The number of halogens is 1. The van der Waals surface area contributed by atoms with Crippen molar-refractivity contribution in [3.8, 4) is 0 Å². The van der Waals surface area contributed by atoms with Gasteiger partial charge in [0.25, 0.3) is 0 Å². The van der Waals surface area contributed by atoms with E-state index in [-0.39, 0.29) is 0 Å². The Morgan fingerprint density at radius 1 is 1.12 bits per heavy atom. The number of benzene rings is 1. The zero-order valence-electron chi connectivity index (χ0n) is 14.0. The van der Waals surface area contributed by atoms with E-state index in [1.165, 1.54) is 19.4 Å². The molecule has 128 valence electrons. The average Bonchev–Trinajstić information content (AvgIpc) is 2.63. The highest BCUT2D eigenvalue weighted by atomic mass is 35.5. The van der Waals surface area contributed by atoms with Gasteiger partial charge in [-0.3, -0.25) is 14.8 Å². The van der Waals surface area contributed by atoms with Crippen molar-refractivity contribution in [3.05, 3.63) is 41.0 Å². The molecule has 2 aliphatic rings. The van der Waals surface area contributed by atoms with Gasteiger partial charge in [0.1, 0.15) is 0 Å². The Morgan fingerprint density at radius 2 is 2.00 bits per heavy atom. The second kappa shape index (κ2) is 7.36. The molecule has 4 rings (SSSR count). The monoisotopic (exact) mass is 345 g/mol. The van der Waals surface area contributed by atoms with Crippen molar-refractivity contribution in [2.24, 2.45) is 0 Å². The van der Waals surface area contributed by atoms with Crippen LogP contribution in [-0.2, 0) is 11.3 Å². The van der Waals surface area contributed by atoms with E-state index in [9.17, 15) is 0 Å². The standard InChI is InChI=1S/C19H24ClN3O/c20-16-4-6-19-15(12-16)3-5-17(21-19)13-22-7-1-2-18(14-22)23-8-10-24-11-9-23/h3-6,12,18H,1-2,7-11,13-14H2/t18-/m0/s1. The molecule has 0 amide bonds. The topological polar surface area (TPSA) is 28.6 Å². The molecule has 1 aromatic carbocycles. The van der Waals surface area contributed by atoms with Gasteiger partial charge in [-0.25, -0.2) is 0 Å². The second-order valence-corrected chi connectivity index (χ2v) is 7.26. The zero-order chi connectivity index (χ0) is 16.4. The van der Waals surface area contributed by atoms with E-state index >= 15 is 0 Å². The maximum atomic E-state index is 6.05. The van der Waals surface area contributed by atoms with Crippen LogP contribution in [0.2, 0.25) is 5.02 Å². The summed E-state index contributed by atoms with van der Waals surface area (Å²) in [6, 6.07) is 10.8. The Hall–Kier alpha value is -1.20. The average molecular weight is 346 g/mol. The highest BCUT2D eigenvalue weighted by Gasteiger charge is 2.26. The number of hydrogen-bond donors (Lipinski definition) is 0. The van der Waals surface area contributed by atoms with Gasteiger partial charge >= 0.3 is 0 Å². The van der Waals surface area contributed by atoms with Crippen LogP contribution in [0.5, 0.6) is 0 Å². The van der Waals surface area contributed by atoms with Crippen molar-refractivity contribution in [2.75, 3.05) is 39.4 Å². The van der Waals surface area contributed by atoms with Crippen molar-refractivity contribution < 1.29 is 4.74 Å². The lowest BCUT2D eigenvalue weighted by Crippen LogP contribution is -2.51. The van der Waals surface area contributed by atoms with E-state index in [1.807, 2.05) is 18.2 Å². The molecule has 4 nitrogen and oxygen atoms in total. The smallest absolute Gasteiger partial charge is 0.0706 e. The quantitative estimate of drug-likeness (QED) is 0.854. The molecule has 2 aliphatic heterocycles. The maximum absolute atomic E-state index is 6.05. The molecule has 1 aromatic heterocycles. The van der Waals surface area contributed by atoms with Gasteiger partial charge in [0.2, 0.25) is 0 Å². The van der Waals surface area contributed by atoms with E-state index in [0.717, 1.165) is 61.0 Å². The van der Waals surface area contributed by atoms with Crippen LogP contribution in [0.15, 0.2) is 30.3 Å². The van der Waals surface area contributed by atoms with Gasteiger partial charge in [0.15, 0.2) is 0 Å². The number of pyridine rings is 1. The van der Waals surface area contributed by atoms with Gasteiger partial charge in [0, 0.05) is 42.6 Å². The summed E-state index contributed by atoms with van der Waals surface area (Å²) in [4.78, 5) is 9.97. The van der Waals surface area contributed by atoms with Gasteiger partial charge in [-0.15, -0.1) is 0 Å². The molecule has 2 fully saturated rings. The molecule has 1 atom stereocenters. The molecule has 2 aromatic rings. The minimum atomic E-state index is 0.668. The van der Waals surface area contributed by atoms with Gasteiger partial charge in [-0.05, 0) is 43.7 Å². The van der Waals surface area contributed by atoms with Crippen molar-refractivity contribution >= 4 is 22.5 Å². The summed E-state index contributed by atoms with van der Waals surface area (Å²) >= 11 is 6.05. The molecule has 0 radical (unpaired) electrons. The fraction of sp³-hybridized carbons (Fsp3) is 0.526. The van der Waals surface area contributed by atoms with E-state index in [2.05, 4.69) is 21.9 Å². The zero-order valence-corrected chi connectivity index (χ0v) is 14.7. The molecule has 0 aliphatic carbocycles. The van der Waals surface area contributed by atoms with E-state index in [0.29, 0.717) is 6.04 Å². The number of fused-ring (bicyclic) bond motifs is 1. The van der Waals surface area contributed by atoms with Crippen LogP contribution < -0.4 is 0 Å². The molecular weight excluding hydrogens is 322 g/mol. The first kappa shape index (κ1) is 16.3. The van der Waals surface area contributed by atoms with Crippen LogP contribution in [-0.4, -0.2) is 60.2 Å². The fourth-order valence-corrected chi connectivity index (χ4v) is 4.05. The minimum Gasteiger partial charge on any atom is -0.379 e. The Labute approximate surface area is 148 Å². The number of morpholine rings is 1. The lowest BCUT2D eigenvalue weighted by molar-refractivity contribution is -0.00370. The molecule has 3 heterocycles. The Bertz CT molecular complexity index is 702. The molecule has 0 N–H and O–H groups in total. The first-order valence-corrected chi connectivity index (χ1v) is 9.25. The molecule has 0 bridgehead atoms. The van der Waals surface area contributed by atoms with Crippen molar-refractivity contribution in [1.82, 2.24) is 14.8 Å². The number of rotatable bonds is 3. The summed E-state index contributed by atoms with van der Waals surface area (Å²) in [6.07, 6.45) is 2.57. The number of aromatic nitrogens is 1. The van der Waals surface area contributed by atoms with Gasteiger partial charge < -0.3 is 4.74 Å². The molecule has 5 heteroatoms. The maximum Gasteiger partial charge on any atom is 0.0706 e. The normalized spacial score (nSPS) is 23.6. The first-order chi connectivity index (χ1) is 11.8. The summed E-state index contributed by atoms with van der Waals surface area (Å²) < 4.78 is 5.49. The second-order valence-electron chi connectivity index (χ2n) is 6.82. The highest BCUT2D eigenvalue weighted by Crippen LogP contribution is 2.21. The van der Waals surface area contributed by atoms with Gasteiger partial charge in [0.05, 0.1) is 24.4 Å². The van der Waals surface area contributed by atoms with Crippen LogP contribution in [0.3, 0.4) is 0 Å². The lowest BCUT2D eigenvalue weighted by atomic mass is 10.0. The molecule has 2 saturated heterocycles. The van der Waals surface area contributed by atoms with Crippen LogP contribution in [0.25, 0.3) is 10.9 Å². The van der Waals surface area contributed by atoms with E-state index in [4.69, 9.17) is 21.3 Å². The Morgan fingerprint density at radius 3 is 2.88 bits per heavy atom. The summed E-state index contributed by atoms with van der Waals surface area (Å²) in [7, 11) is 0. The summed E-state index contributed by atoms with van der Waals surface area (Å²) in [5.41, 5.74) is 2.17. The van der Waals surface area contributed by atoms with Crippen LogP contribution in [0, 0.1) is 0 Å². The van der Waals surface area contributed by atoms with Crippen molar-refractivity contribution in [1.29, 1.82) is 0 Å². The van der Waals surface area contributed by atoms with Gasteiger partial charge in [-0.2, -0.15) is 0 Å². The Balaban J connectivity index is 1.43. The van der Waals surface area contributed by atoms with E-state index < -0.39 is 0 Å². The van der Waals surface area contributed by atoms with Gasteiger partial charge in [-0.1, -0.05) is 17.7 Å². The van der Waals surface area contributed by atoms with Crippen LogP contribution >= 0.6 is 11.6 Å². The van der Waals surface area contributed by atoms with Crippen molar-refractivity contribution in [2.45, 2.75) is 25.4 Å². The third kappa shape index (κ3) is 3.72. The largest absolute Gasteiger partial charge is 0.379 e. The van der Waals surface area contributed by atoms with Crippen LogP contribution in [0.4, 0.5) is 0 Å². The first-order valence-electron chi connectivity index (χ1n) is 8.87. The number of nitrogens with zero attached hydrogens (tertiary/aromatic N) is 3. The summed E-state index contributed by atoms with van der Waals surface area (Å²) in [5, 5.41) is 1.87. The number of hydrogen-bond acceptors (Lipinski definition) is 4. The molecular formula is C19H24ClN3O. The predicted octanol–water partition coefficient (Wildman–Crippen LogP) is 3.18. The molecule has 0 unspecified atom stereocenters. The molecule has 24 heavy (non-hydrogen) atoms. The lowest BCUT2D eigenvalue weighted by Gasteiger charge is -2.40. The summed E-state index contributed by atoms with van der Waals surface area (Å²) in [6.45, 7) is 7.15. The fourth-order valence-electron chi connectivity index (χ4n) is 3.87. The predicted molar refractivity (Wildman–Crippen MR) is 97.4 cm³/mol. The third-order valence-electron chi connectivity index (χ3n) is 5.14. The SMILES string of the molecule is Clc1ccc2nc(CN3CCC[C@H](N4CCOCC4)C3)ccc2c1. The number of ether oxygens (including phenoxy) is 1. The van der Waals surface area contributed by atoms with Crippen molar-refractivity contribution in [3.63, 3.8) is 0 Å². The third-order valence-corrected chi connectivity index (χ3v) is 5.37. The Kier molecular flexibility index (Phi) is 4.99.